The Morgan fingerprint density at radius 1 is 1.17 bits per heavy atom. The molecule has 1 aromatic rings. The molecule has 1 aliphatic carbocycles. The topological polar surface area (TPSA) is 66.8 Å². The minimum atomic E-state index is -0.778. The predicted octanol–water partition coefficient (Wildman–Crippen LogP) is 2.49. The number of benzene rings is 1. The van der Waals surface area contributed by atoms with Gasteiger partial charge in [-0.25, -0.2) is 0 Å². The molecule has 0 unspecified atom stereocenters. The van der Waals surface area contributed by atoms with Crippen LogP contribution in [-0.2, 0) is 4.79 Å². The molecule has 0 aromatic heterocycles. The number of aryl methyl sites for hydroxylation is 2. The Kier molecular flexibility index (Phi) is 4.04. The molecule has 2 fully saturated rings. The van der Waals surface area contributed by atoms with Crippen molar-refractivity contribution in [3.05, 3.63) is 28.8 Å². The smallest absolute Gasteiger partial charge is 0.308 e. The van der Waals surface area contributed by atoms with E-state index in [1.165, 1.54) is 0 Å². The molecular formula is C18H23NO4. The van der Waals surface area contributed by atoms with Crippen molar-refractivity contribution in [1.29, 1.82) is 0 Å². The first-order valence-electron chi connectivity index (χ1n) is 8.09. The van der Waals surface area contributed by atoms with E-state index in [0.29, 0.717) is 24.6 Å². The van der Waals surface area contributed by atoms with E-state index in [1.54, 1.807) is 12.0 Å². The van der Waals surface area contributed by atoms with E-state index in [2.05, 4.69) is 0 Å². The molecule has 2 atom stereocenters. The van der Waals surface area contributed by atoms with Crippen molar-refractivity contribution < 1.29 is 19.4 Å². The molecule has 1 N–H and O–H groups in total. The fourth-order valence-corrected chi connectivity index (χ4v) is 3.84. The van der Waals surface area contributed by atoms with E-state index < -0.39 is 11.9 Å². The summed E-state index contributed by atoms with van der Waals surface area (Å²) in [7, 11) is 1.62. The normalized spacial score (nSPS) is 23.9. The fourth-order valence-electron chi connectivity index (χ4n) is 3.84. The van der Waals surface area contributed by atoms with E-state index in [-0.39, 0.29) is 11.8 Å². The van der Waals surface area contributed by atoms with Crippen LogP contribution in [0, 0.1) is 31.6 Å². The van der Waals surface area contributed by atoms with Crippen molar-refractivity contribution >= 4 is 11.9 Å². The highest BCUT2D eigenvalue weighted by atomic mass is 16.5. The highest BCUT2D eigenvalue weighted by Gasteiger charge is 2.46. The molecular weight excluding hydrogens is 294 g/mol. The Labute approximate surface area is 136 Å². The van der Waals surface area contributed by atoms with Crippen LogP contribution in [0.5, 0.6) is 5.75 Å². The fraction of sp³-hybridized carbons (Fsp3) is 0.556. The van der Waals surface area contributed by atoms with Gasteiger partial charge in [0, 0.05) is 18.7 Å². The second kappa shape index (κ2) is 5.87. The highest BCUT2D eigenvalue weighted by Crippen LogP contribution is 2.44. The Hall–Kier alpha value is -2.04. The number of hydrogen-bond acceptors (Lipinski definition) is 3. The van der Waals surface area contributed by atoms with Crippen LogP contribution in [0.15, 0.2) is 12.1 Å². The van der Waals surface area contributed by atoms with Crippen LogP contribution >= 0.6 is 0 Å². The largest absolute Gasteiger partial charge is 0.496 e. The summed E-state index contributed by atoms with van der Waals surface area (Å²) >= 11 is 0. The number of methoxy groups -OCH3 is 1. The number of nitrogens with zero attached hydrogens (tertiary/aromatic N) is 1. The lowest BCUT2D eigenvalue weighted by Gasteiger charge is -2.18. The number of likely N-dealkylation sites (tertiary alicyclic amines) is 1. The van der Waals surface area contributed by atoms with Crippen LogP contribution in [0.3, 0.4) is 0 Å². The van der Waals surface area contributed by atoms with Gasteiger partial charge in [-0.1, -0.05) is 0 Å². The quantitative estimate of drug-likeness (QED) is 0.926. The number of carboxylic acid groups (broad SMARTS) is 1. The molecule has 1 amide bonds. The zero-order valence-corrected chi connectivity index (χ0v) is 13.8. The molecule has 23 heavy (non-hydrogen) atoms. The molecule has 1 aliphatic heterocycles. The van der Waals surface area contributed by atoms with Gasteiger partial charge in [0.25, 0.3) is 5.91 Å². The Morgan fingerprint density at radius 3 is 2.26 bits per heavy atom. The first kappa shape index (κ1) is 15.8. The number of carbonyl (C=O) groups is 2. The summed E-state index contributed by atoms with van der Waals surface area (Å²) in [5.74, 6) is 0.104. The monoisotopic (exact) mass is 317 g/mol. The third-order valence-corrected chi connectivity index (χ3v) is 5.11. The Morgan fingerprint density at radius 2 is 1.78 bits per heavy atom. The predicted molar refractivity (Wildman–Crippen MR) is 85.7 cm³/mol. The maximum Gasteiger partial charge on any atom is 0.308 e. The van der Waals surface area contributed by atoms with Crippen molar-refractivity contribution in [2.45, 2.75) is 26.7 Å². The summed E-state index contributed by atoms with van der Waals surface area (Å²) in [6.45, 7) is 4.71. The van der Waals surface area contributed by atoms with Crippen LogP contribution in [0.25, 0.3) is 0 Å². The lowest BCUT2D eigenvalue weighted by atomic mass is 9.92. The summed E-state index contributed by atoms with van der Waals surface area (Å²) in [6, 6.07) is 3.66. The van der Waals surface area contributed by atoms with Crippen molar-refractivity contribution in [3.8, 4) is 5.75 Å². The number of carbonyl (C=O) groups excluding carboxylic acids is 1. The Bertz CT molecular complexity index is 627. The van der Waals surface area contributed by atoms with Crippen molar-refractivity contribution in [1.82, 2.24) is 4.90 Å². The second-order valence-corrected chi connectivity index (χ2v) is 6.80. The Balaban J connectivity index is 1.82. The minimum absolute atomic E-state index is 0.0757. The van der Waals surface area contributed by atoms with Crippen LogP contribution in [-0.4, -0.2) is 42.1 Å². The number of rotatable bonds is 4. The van der Waals surface area contributed by atoms with Crippen molar-refractivity contribution in [2.75, 3.05) is 20.2 Å². The second-order valence-electron chi connectivity index (χ2n) is 6.80. The minimum Gasteiger partial charge on any atom is -0.496 e. The summed E-state index contributed by atoms with van der Waals surface area (Å²) in [4.78, 5) is 26.0. The van der Waals surface area contributed by atoms with E-state index in [1.807, 2.05) is 26.0 Å². The molecule has 2 aliphatic rings. The summed E-state index contributed by atoms with van der Waals surface area (Å²) < 4.78 is 5.34. The van der Waals surface area contributed by atoms with Crippen LogP contribution in [0.1, 0.15) is 34.3 Å². The van der Waals surface area contributed by atoms with Gasteiger partial charge in [0.1, 0.15) is 5.75 Å². The summed E-state index contributed by atoms with van der Waals surface area (Å²) in [5, 5.41) is 9.43. The van der Waals surface area contributed by atoms with E-state index in [0.717, 1.165) is 29.7 Å². The van der Waals surface area contributed by atoms with Crippen LogP contribution in [0.2, 0.25) is 0 Å². The summed E-state index contributed by atoms with van der Waals surface area (Å²) in [6.07, 6.45) is 2.19. The molecule has 3 rings (SSSR count). The van der Waals surface area contributed by atoms with Gasteiger partial charge in [-0.05, 0) is 61.8 Å². The molecule has 1 saturated heterocycles. The molecule has 1 heterocycles. The van der Waals surface area contributed by atoms with Crippen LogP contribution in [0.4, 0.5) is 0 Å². The highest BCUT2D eigenvalue weighted by molar-refractivity contribution is 5.95. The van der Waals surface area contributed by atoms with Gasteiger partial charge in [0.15, 0.2) is 0 Å². The van der Waals surface area contributed by atoms with Gasteiger partial charge in [-0.2, -0.15) is 0 Å². The van der Waals surface area contributed by atoms with E-state index >= 15 is 0 Å². The average molecular weight is 317 g/mol. The number of aliphatic carboxylic acids is 1. The molecule has 1 saturated carbocycles. The maximum atomic E-state index is 12.8. The maximum absolute atomic E-state index is 12.8. The summed E-state index contributed by atoms with van der Waals surface area (Å²) in [5.41, 5.74) is 2.45. The molecule has 0 bridgehead atoms. The molecule has 1 aromatic carbocycles. The van der Waals surface area contributed by atoms with Crippen molar-refractivity contribution in [2.24, 2.45) is 17.8 Å². The van der Waals surface area contributed by atoms with E-state index in [9.17, 15) is 14.7 Å². The zero-order valence-electron chi connectivity index (χ0n) is 13.8. The third-order valence-electron chi connectivity index (χ3n) is 5.11. The number of amides is 1. The van der Waals surface area contributed by atoms with Gasteiger partial charge in [0.05, 0.1) is 13.0 Å². The first-order chi connectivity index (χ1) is 10.9. The van der Waals surface area contributed by atoms with Gasteiger partial charge in [-0.15, -0.1) is 0 Å². The van der Waals surface area contributed by atoms with Gasteiger partial charge in [0.2, 0.25) is 0 Å². The first-order valence-corrected chi connectivity index (χ1v) is 8.09. The molecule has 0 spiro atoms. The van der Waals surface area contributed by atoms with Gasteiger partial charge < -0.3 is 14.7 Å². The number of carboxylic acids is 1. The molecule has 5 heteroatoms. The van der Waals surface area contributed by atoms with E-state index in [4.69, 9.17) is 4.74 Å². The van der Waals surface area contributed by atoms with Crippen LogP contribution < -0.4 is 4.74 Å². The standard InChI is InChI=1S/C18H23NO4/c1-10-6-13(7-11(2)16(10)23-3)17(20)19-8-14(12-4-5-12)15(9-19)18(21)22/h6-7,12,14-15H,4-5,8-9H2,1-3H3,(H,21,22)/t14-,15+/m1/s1. The lowest BCUT2D eigenvalue weighted by Crippen LogP contribution is -2.30. The molecule has 124 valence electrons. The average Bonchev–Trinajstić information content (AvgIpc) is 3.24. The van der Waals surface area contributed by atoms with Crippen molar-refractivity contribution in [3.63, 3.8) is 0 Å². The van der Waals surface area contributed by atoms with Gasteiger partial charge >= 0.3 is 5.97 Å². The zero-order chi connectivity index (χ0) is 16.7. The third kappa shape index (κ3) is 2.92. The number of ether oxygens (including phenoxy) is 1. The number of hydrogen-bond donors (Lipinski definition) is 1. The molecule has 5 nitrogen and oxygen atoms in total. The SMILES string of the molecule is COc1c(C)cc(C(=O)N2C[C@H](C(=O)O)[C@@H](C3CC3)C2)cc1C. The van der Waals surface area contributed by atoms with Gasteiger partial charge in [-0.3, -0.25) is 9.59 Å². The lowest BCUT2D eigenvalue weighted by molar-refractivity contribution is -0.142. The molecule has 0 radical (unpaired) electrons.